The molecule has 0 heterocycles. The molecule has 0 amide bonds. The van der Waals surface area contributed by atoms with E-state index < -0.39 is 0 Å². The van der Waals surface area contributed by atoms with Gasteiger partial charge in [-0.1, -0.05) is 13.8 Å². The van der Waals surface area contributed by atoms with Gasteiger partial charge in [0.25, 0.3) is 0 Å². The minimum atomic E-state index is 0.651. The summed E-state index contributed by atoms with van der Waals surface area (Å²) >= 11 is 0. The lowest BCUT2D eigenvalue weighted by Gasteiger charge is -2.09. The van der Waals surface area contributed by atoms with Gasteiger partial charge >= 0.3 is 0 Å². The maximum atomic E-state index is 5.61. The Morgan fingerprint density at radius 2 is 1.60 bits per heavy atom. The van der Waals surface area contributed by atoms with Crippen LogP contribution in [0.25, 0.3) is 0 Å². The van der Waals surface area contributed by atoms with E-state index in [0.29, 0.717) is 12.5 Å². The molecule has 0 saturated carbocycles. The zero-order chi connectivity index (χ0) is 14.6. The van der Waals surface area contributed by atoms with Crippen molar-refractivity contribution in [2.24, 2.45) is 5.92 Å². The summed E-state index contributed by atoms with van der Waals surface area (Å²) in [7, 11) is 1.66. The number of methoxy groups -OCH3 is 1. The fourth-order valence-corrected chi connectivity index (χ4v) is 1.60. The van der Waals surface area contributed by atoms with Crippen LogP contribution in [0, 0.1) is 5.92 Å². The number of nitrogens with one attached hydrogen (secondary N) is 1. The first-order valence-electron chi connectivity index (χ1n) is 7.27. The predicted octanol–water partition coefficient (Wildman–Crippen LogP) is 2.73. The molecule has 4 nitrogen and oxygen atoms in total. The minimum absolute atomic E-state index is 0.651. The number of hydrogen-bond donors (Lipinski definition) is 1. The third-order valence-corrected chi connectivity index (χ3v) is 2.87. The Kier molecular flexibility index (Phi) is 8.83. The van der Waals surface area contributed by atoms with Crippen LogP contribution < -0.4 is 14.8 Å². The van der Waals surface area contributed by atoms with E-state index in [9.17, 15) is 0 Å². The molecule has 114 valence electrons. The maximum Gasteiger partial charge on any atom is 0.119 e. The molecule has 0 aliphatic rings. The SMILES string of the molecule is COc1ccc(OCCNCCOCCC(C)C)cc1. The second-order valence-corrected chi connectivity index (χ2v) is 5.07. The summed E-state index contributed by atoms with van der Waals surface area (Å²) in [5.74, 6) is 2.41. The monoisotopic (exact) mass is 281 g/mol. The van der Waals surface area contributed by atoms with Gasteiger partial charge in [0.05, 0.1) is 13.7 Å². The van der Waals surface area contributed by atoms with E-state index in [1.54, 1.807) is 7.11 Å². The molecule has 0 saturated heterocycles. The molecule has 0 bridgehead atoms. The van der Waals surface area contributed by atoms with Gasteiger partial charge in [-0.05, 0) is 36.6 Å². The Morgan fingerprint density at radius 1 is 0.950 bits per heavy atom. The van der Waals surface area contributed by atoms with E-state index in [1.165, 1.54) is 0 Å². The summed E-state index contributed by atoms with van der Waals surface area (Å²) in [4.78, 5) is 0. The third kappa shape index (κ3) is 8.02. The van der Waals surface area contributed by atoms with Crippen molar-refractivity contribution in [3.05, 3.63) is 24.3 Å². The first kappa shape index (κ1) is 16.8. The normalized spacial score (nSPS) is 10.8. The van der Waals surface area contributed by atoms with E-state index in [4.69, 9.17) is 14.2 Å². The van der Waals surface area contributed by atoms with Crippen LogP contribution in [-0.2, 0) is 4.74 Å². The van der Waals surface area contributed by atoms with Crippen molar-refractivity contribution in [3.8, 4) is 11.5 Å². The van der Waals surface area contributed by atoms with Gasteiger partial charge in [0.15, 0.2) is 0 Å². The highest BCUT2D eigenvalue weighted by Crippen LogP contribution is 2.16. The molecule has 1 aromatic rings. The standard InChI is InChI=1S/C16H27NO3/c1-14(2)8-11-19-12-9-17-10-13-20-16-6-4-15(18-3)5-7-16/h4-7,14,17H,8-13H2,1-3H3. The molecule has 1 aromatic carbocycles. The molecule has 0 radical (unpaired) electrons. The van der Waals surface area contributed by atoms with Crippen LogP contribution in [-0.4, -0.2) is 40.0 Å². The van der Waals surface area contributed by atoms with Crippen LogP contribution in [0.15, 0.2) is 24.3 Å². The smallest absolute Gasteiger partial charge is 0.119 e. The maximum absolute atomic E-state index is 5.61. The Hall–Kier alpha value is -1.26. The summed E-state index contributed by atoms with van der Waals surface area (Å²) in [6.45, 7) is 8.36. The number of rotatable bonds is 11. The number of benzene rings is 1. The summed E-state index contributed by atoms with van der Waals surface area (Å²) in [6.07, 6.45) is 1.13. The molecule has 1 N–H and O–H groups in total. The molecule has 4 heteroatoms. The topological polar surface area (TPSA) is 39.7 Å². The number of hydrogen-bond acceptors (Lipinski definition) is 4. The Bertz CT molecular complexity index is 338. The van der Waals surface area contributed by atoms with Gasteiger partial charge in [0.1, 0.15) is 18.1 Å². The lowest BCUT2D eigenvalue weighted by molar-refractivity contribution is 0.124. The molecule has 1 rings (SSSR count). The first-order valence-corrected chi connectivity index (χ1v) is 7.27. The second-order valence-electron chi connectivity index (χ2n) is 5.07. The van der Waals surface area contributed by atoms with E-state index in [0.717, 1.165) is 44.2 Å². The van der Waals surface area contributed by atoms with E-state index in [-0.39, 0.29) is 0 Å². The second kappa shape index (κ2) is 10.5. The molecule has 0 atom stereocenters. The Labute approximate surface area is 122 Å². The van der Waals surface area contributed by atoms with Crippen LogP contribution in [0.2, 0.25) is 0 Å². The van der Waals surface area contributed by atoms with E-state index in [1.807, 2.05) is 24.3 Å². The van der Waals surface area contributed by atoms with Gasteiger partial charge in [-0.2, -0.15) is 0 Å². The molecule has 0 aromatic heterocycles. The van der Waals surface area contributed by atoms with Gasteiger partial charge in [-0.15, -0.1) is 0 Å². The van der Waals surface area contributed by atoms with E-state index >= 15 is 0 Å². The highest BCUT2D eigenvalue weighted by molar-refractivity contribution is 5.31. The number of ether oxygens (including phenoxy) is 3. The lowest BCUT2D eigenvalue weighted by Crippen LogP contribution is -2.25. The molecule has 20 heavy (non-hydrogen) atoms. The quantitative estimate of drug-likeness (QED) is 0.633. The third-order valence-electron chi connectivity index (χ3n) is 2.87. The Balaban J connectivity index is 1.94. The lowest BCUT2D eigenvalue weighted by atomic mass is 10.1. The average molecular weight is 281 g/mol. The minimum Gasteiger partial charge on any atom is -0.497 e. The van der Waals surface area contributed by atoms with Crippen molar-refractivity contribution in [3.63, 3.8) is 0 Å². The van der Waals surface area contributed by atoms with Crippen LogP contribution in [0.4, 0.5) is 0 Å². The van der Waals surface area contributed by atoms with Crippen LogP contribution in [0.5, 0.6) is 11.5 Å². The van der Waals surface area contributed by atoms with Gasteiger partial charge in [-0.25, -0.2) is 0 Å². The van der Waals surface area contributed by atoms with Gasteiger partial charge in [0.2, 0.25) is 0 Å². The highest BCUT2D eigenvalue weighted by Gasteiger charge is 1.96. The summed E-state index contributed by atoms with van der Waals surface area (Å²) in [6, 6.07) is 7.61. The van der Waals surface area contributed by atoms with Gasteiger partial charge in [-0.3, -0.25) is 0 Å². The van der Waals surface area contributed by atoms with Crippen molar-refractivity contribution >= 4 is 0 Å². The fraction of sp³-hybridized carbons (Fsp3) is 0.625. The van der Waals surface area contributed by atoms with Crippen molar-refractivity contribution in [2.75, 3.05) is 40.0 Å². The summed E-state index contributed by atoms with van der Waals surface area (Å²) in [5.41, 5.74) is 0. The molecule has 0 aliphatic heterocycles. The zero-order valence-electron chi connectivity index (χ0n) is 12.9. The van der Waals surface area contributed by atoms with Crippen LogP contribution in [0.1, 0.15) is 20.3 Å². The van der Waals surface area contributed by atoms with E-state index in [2.05, 4.69) is 19.2 Å². The largest absolute Gasteiger partial charge is 0.497 e. The van der Waals surface area contributed by atoms with Crippen LogP contribution >= 0.6 is 0 Å². The van der Waals surface area contributed by atoms with Gasteiger partial charge in [0, 0.05) is 19.7 Å². The van der Waals surface area contributed by atoms with Crippen molar-refractivity contribution < 1.29 is 14.2 Å². The first-order chi connectivity index (χ1) is 9.72. The average Bonchev–Trinajstić information content (AvgIpc) is 2.46. The summed E-state index contributed by atoms with van der Waals surface area (Å²) < 4.78 is 16.2. The Morgan fingerprint density at radius 3 is 2.25 bits per heavy atom. The van der Waals surface area contributed by atoms with Gasteiger partial charge < -0.3 is 19.5 Å². The molecule has 0 fully saturated rings. The fourth-order valence-electron chi connectivity index (χ4n) is 1.60. The van der Waals surface area contributed by atoms with Crippen molar-refractivity contribution in [2.45, 2.75) is 20.3 Å². The van der Waals surface area contributed by atoms with Crippen LogP contribution in [0.3, 0.4) is 0 Å². The van der Waals surface area contributed by atoms with Crippen molar-refractivity contribution in [1.29, 1.82) is 0 Å². The zero-order valence-corrected chi connectivity index (χ0v) is 12.9. The highest BCUT2D eigenvalue weighted by atomic mass is 16.5. The molecular weight excluding hydrogens is 254 g/mol. The molecule has 0 aliphatic carbocycles. The molecular formula is C16H27NO3. The predicted molar refractivity (Wildman–Crippen MR) is 81.6 cm³/mol. The van der Waals surface area contributed by atoms with Crippen molar-refractivity contribution in [1.82, 2.24) is 5.32 Å². The molecule has 0 unspecified atom stereocenters. The molecule has 0 spiro atoms. The summed E-state index contributed by atoms with van der Waals surface area (Å²) in [5, 5.41) is 3.29.